The molecule has 8 heteroatoms. The molecule has 1 aliphatic rings. The SMILES string of the molecule is O=C(c1ccc(CS(=O)(=O)c2ccccc2)cc1)N1CCC(c2nc(-c3ccccc3)no2)CC1. The molecule has 0 radical (unpaired) electrons. The Morgan fingerprint density at radius 1 is 0.886 bits per heavy atom. The number of piperidine rings is 1. The maximum absolute atomic E-state index is 13.0. The second-order valence-corrected chi connectivity index (χ2v) is 10.6. The van der Waals surface area contributed by atoms with Crippen molar-refractivity contribution in [3.05, 3.63) is 102 Å². The van der Waals surface area contributed by atoms with Gasteiger partial charge in [0.2, 0.25) is 11.7 Å². The highest BCUT2D eigenvalue weighted by molar-refractivity contribution is 7.90. The Bertz CT molecular complexity index is 1390. The summed E-state index contributed by atoms with van der Waals surface area (Å²) < 4.78 is 30.7. The first kappa shape index (κ1) is 23.0. The van der Waals surface area contributed by atoms with Crippen LogP contribution in [0.25, 0.3) is 11.4 Å². The van der Waals surface area contributed by atoms with Gasteiger partial charge in [-0.25, -0.2) is 8.42 Å². The molecule has 1 aliphatic heterocycles. The Morgan fingerprint density at radius 3 is 2.17 bits per heavy atom. The highest BCUT2D eigenvalue weighted by Crippen LogP contribution is 2.29. The number of nitrogens with zero attached hydrogens (tertiary/aromatic N) is 3. The number of likely N-dealkylation sites (tertiary alicyclic amines) is 1. The first-order valence-electron chi connectivity index (χ1n) is 11.5. The van der Waals surface area contributed by atoms with E-state index in [4.69, 9.17) is 4.52 Å². The smallest absolute Gasteiger partial charge is 0.253 e. The van der Waals surface area contributed by atoms with Crippen molar-refractivity contribution in [3.8, 4) is 11.4 Å². The van der Waals surface area contributed by atoms with E-state index in [0.717, 1.165) is 18.4 Å². The number of benzene rings is 3. The molecule has 3 aromatic carbocycles. The van der Waals surface area contributed by atoms with Gasteiger partial charge in [0.1, 0.15) is 0 Å². The number of rotatable bonds is 6. The van der Waals surface area contributed by atoms with Crippen molar-refractivity contribution in [2.75, 3.05) is 13.1 Å². The number of hydrogen-bond acceptors (Lipinski definition) is 6. The number of carbonyl (C=O) groups excluding carboxylic acids is 1. The van der Waals surface area contributed by atoms with Gasteiger partial charge in [-0.05, 0) is 42.7 Å². The molecule has 1 saturated heterocycles. The molecule has 35 heavy (non-hydrogen) atoms. The first-order valence-corrected chi connectivity index (χ1v) is 13.2. The van der Waals surface area contributed by atoms with Crippen LogP contribution in [0.2, 0.25) is 0 Å². The van der Waals surface area contributed by atoms with E-state index in [0.29, 0.717) is 40.8 Å². The summed E-state index contributed by atoms with van der Waals surface area (Å²) in [5.74, 6) is 1.14. The standard InChI is InChI=1S/C27H25N3O4S/c31-27(23-13-11-20(12-14-23)19-35(32,33)24-9-5-2-6-10-24)30-17-15-22(16-18-30)26-28-25(29-34-26)21-7-3-1-4-8-21/h1-14,22H,15-19H2. The lowest BCUT2D eigenvalue weighted by atomic mass is 9.96. The number of aromatic nitrogens is 2. The molecule has 178 valence electrons. The maximum atomic E-state index is 13.0. The Labute approximate surface area is 204 Å². The van der Waals surface area contributed by atoms with Crippen LogP contribution in [-0.2, 0) is 15.6 Å². The molecular weight excluding hydrogens is 462 g/mol. The summed E-state index contributed by atoms with van der Waals surface area (Å²) in [6.45, 7) is 1.19. The molecule has 5 rings (SSSR count). The minimum atomic E-state index is -3.43. The van der Waals surface area contributed by atoms with E-state index in [2.05, 4.69) is 10.1 Å². The molecule has 0 saturated carbocycles. The Hall–Kier alpha value is -3.78. The average Bonchev–Trinajstić information content (AvgIpc) is 3.40. The zero-order chi connectivity index (χ0) is 24.3. The number of hydrogen-bond donors (Lipinski definition) is 0. The summed E-state index contributed by atoms with van der Waals surface area (Å²) in [5, 5.41) is 4.11. The van der Waals surface area contributed by atoms with Crippen LogP contribution in [0.4, 0.5) is 0 Å². The van der Waals surface area contributed by atoms with Gasteiger partial charge in [0.25, 0.3) is 5.91 Å². The first-order chi connectivity index (χ1) is 17.0. The summed E-state index contributed by atoms with van der Waals surface area (Å²) in [6.07, 6.45) is 1.49. The molecule has 0 spiro atoms. The van der Waals surface area contributed by atoms with Crippen molar-refractivity contribution >= 4 is 15.7 Å². The van der Waals surface area contributed by atoms with E-state index < -0.39 is 9.84 Å². The predicted octanol–water partition coefficient (Wildman–Crippen LogP) is 4.73. The highest BCUT2D eigenvalue weighted by atomic mass is 32.2. The molecule has 7 nitrogen and oxygen atoms in total. The van der Waals surface area contributed by atoms with Crippen LogP contribution in [0, 0.1) is 0 Å². The number of sulfone groups is 1. The van der Waals surface area contributed by atoms with Gasteiger partial charge >= 0.3 is 0 Å². The fourth-order valence-electron chi connectivity index (χ4n) is 4.29. The lowest BCUT2D eigenvalue weighted by Gasteiger charge is -2.30. The van der Waals surface area contributed by atoms with Crippen molar-refractivity contribution in [2.45, 2.75) is 29.4 Å². The summed E-state index contributed by atoms with van der Waals surface area (Å²) in [4.78, 5) is 19.7. The summed E-state index contributed by atoms with van der Waals surface area (Å²) in [7, 11) is -3.43. The van der Waals surface area contributed by atoms with Crippen LogP contribution in [0.5, 0.6) is 0 Å². The summed E-state index contributed by atoms with van der Waals surface area (Å²) >= 11 is 0. The zero-order valence-corrected chi connectivity index (χ0v) is 19.9. The highest BCUT2D eigenvalue weighted by Gasteiger charge is 2.28. The minimum absolute atomic E-state index is 0.0589. The average molecular weight is 488 g/mol. The van der Waals surface area contributed by atoms with E-state index in [-0.39, 0.29) is 17.6 Å². The van der Waals surface area contributed by atoms with Crippen LogP contribution in [0.1, 0.15) is 40.6 Å². The number of carbonyl (C=O) groups is 1. The van der Waals surface area contributed by atoms with E-state index in [1.807, 2.05) is 35.2 Å². The second-order valence-electron chi connectivity index (χ2n) is 8.66. The molecule has 1 amide bonds. The molecule has 1 fully saturated rings. The van der Waals surface area contributed by atoms with Crippen molar-refractivity contribution in [1.29, 1.82) is 0 Å². The molecule has 4 aromatic rings. The van der Waals surface area contributed by atoms with Gasteiger partial charge in [-0.3, -0.25) is 4.79 Å². The third kappa shape index (κ3) is 5.17. The maximum Gasteiger partial charge on any atom is 0.253 e. The van der Waals surface area contributed by atoms with Crippen LogP contribution in [0.15, 0.2) is 94.3 Å². The minimum Gasteiger partial charge on any atom is -0.339 e. The molecule has 1 aromatic heterocycles. The third-order valence-corrected chi connectivity index (χ3v) is 7.97. The Kier molecular flexibility index (Phi) is 6.46. The van der Waals surface area contributed by atoms with E-state index in [1.165, 1.54) is 0 Å². The largest absolute Gasteiger partial charge is 0.339 e. The Morgan fingerprint density at radius 2 is 1.51 bits per heavy atom. The second kappa shape index (κ2) is 9.84. The van der Waals surface area contributed by atoms with Crippen molar-refractivity contribution in [2.24, 2.45) is 0 Å². The molecule has 0 aliphatic carbocycles. The van der Waals surface area contributed by atoms with E-state index >= 15 is 0 Å². The molecule has 0 N–H and O–H groups in total. The van der Waals surface area contributed by atoms with Gasteiger partial charge in [-0.15, -0.1) is 0 Å². The van der Waals surface area contributed by atoms with Gasteiger partial charge in [0.15, 0.2) is 9.84 Å². The van der Waals surface area contributed by atoms with Crippen LogP contribution >= 0.6 is 0 Å². The molecule has 0 atom stereocenters. The monoisotopic (exact) mass is 487 g/mol. The summed E-state index contributed by atoms with van der Waals surface area (Å²) in [6, 6.07) is 24.9. The van der Waals surface area contributed by atoms with Crippen LogP contribution in [-0.4, -0.2) is 42.5 Å². The number of amides is 1. The summed E-state index contributed by atoms with van der Waals surface area (Å²) in [5.41, 5.74) is 2.11. The van der Waals surface area contributed by atoms with Gasteiger partial charge < -0.3 is 9.42 Å². The van der Waals surface area contributed by atoms with Gasteiger partial charge in [0.05, 0.1) is 10.6 Å². The lowest BCUT2D eigenvalue weighted by Crippen LogP contribution is -2.38. The van der Waals surface area contributed by atoms with E-state index in [1.54, 1.807) is 54.6 Å². The molecule has 0 bridgehead atoms. The van der Waals surface area contributed by atoms with Gasteiger partial charge in [-0.1, -0.05) is 65.8 Å². The zero-order valence-electron chi connectivity index (χ0n) is 19.1. The van der Waals surface area contributed by atoms with Crippen molar-refractivity contribution < 1.29 is 17.7 Å². The van der Waals surface area contributed by atoms with Crippen molar-refractivity contribution in [1.82, 2.24) is 15.0 Å². The third-order valence-electron chi connectivity index (χ3n) is 6.27. The fraction of sp³-hybridized carbons (Fsp3) is 0.222. The van der Waals surface area contributed by atoms with E-state index in [9.17, 15) is 13.2 Å². The quantitative estimate of drug-likeness (QED) is 0.390. The van der Waals surface area contributed by atoms with Gasteiger partial charge in [-0.2, -0.15) is 4.98 Å². The van der Waals surface area contributed by atoms with Gasteiger partial charge in [0, 0.05) is 30.1 Å². The molecule has 2 heterocycles. The normalized spacial score (nSPS) is 14.7. The molecular formula is C27H25N3O4S. The van der Waals surface area contributed by atoms with Crippen molar-refractivity contribution in [3.63, 3.8) is 0 Å². The predicted molar refractivity (Wildman–Crippen MR) is 131 cm³/mol. The van der Waals surface area contributed by atoms with Crippen LogP contribution < -0.4 is 0 Å². The fourth-order valence-corrected chi connectivity index (χ4v) is 5.66. The topological polar surface area (TPSA) is 93.4 Å². The Balaban J connectivity index is 1.19. The van der Waals surface area contributed by atoms with Crippen LogP contribution in [0.3, 0.4) is 0 Å². The molecule has 0 unspecified atom stereocenters. The lowest BCUT2D eigenvalue weighted by molar-refractivity contribution is 0.0704.